The van der Waals surface area contributed by atoms with E-state index in [9.17, 15) is 4.79 Å². The molecule has 0 radical (unpaired) electrons. The van der Waals surface area contributed by atoms with Gasteiger partial charge in [0.05, 0.1) is 22.3 Å². The summed E-state index contributed by atoms with van der Waals surface area (Å²) < 4.78 is 0. The number of carbonyl (C=O) groups excluding carboxylic acids is 1. The predicted octanol–water partition coefficient (Wildman–Crippen LogP) is 3.49. The van der Waals surface area contributed by atoms with Crippen molar-refractivity contribution in [1.82, 2.24) is 4.90 Å². The van der Waals surface area contributed by atoms with Gasteiger partial charge in [0.1, 0.15) is 0 Å². The Morgan fingerprint density at radius 2 is 1.95 bits per heavy atom. The fourth-order valence-corrected chi connectivity index (χ4v) is 2.46. The first kappa shape index (κ1) is 17.1. The summed E-state index contributed by atoms with van der Waals surface area (Å²) in [6, 6.07) is 3.12. The molecule has 0 aliphatic carbocycles. The van der Waals surface area contributed by atoms with E-state index in [0.29, 0.717) is 33.9 Å². The number of nitrogens with zero attached hydrogens (tertiary/aromatic N) is 1. The zero-order valence-corrected chi connectivity index (χ0v) is 13.6. The number of nitrogen functional groups attached to an aromatic ring is 1. The fraction of sp³-hybridized carbons (Fsp3) is 0.500. The molecule has 0 saturated carbocycles. The fourth-order valence-electron chi connectivity index (χ4n) is 1.86. The van der Waals surface area contributed by atoms with Gasteiger partial charge in [-0.05, 0) is 25.1 Å². The molecule has 0 heterocycles. The van der Waals surface area contributed by atoms with Crippen molar-refractivity contribution in [2.24, 2.45) is 5.92 Å². The monoisotopic (exact) mass is 317 g/mol. The highest BCUT2D eigenvalue weighted by Gasteiger charge is 2.13. The van der Waals surface area contributed by atoms with E-state index in [4.69, 9.17) is 28.9 Å². The number of likely N-dealkylation sites (N-methyl/N-ethyl adjacent to an activating group) is 1. The minimum absolute atomic E-state index is 0.149. The molecule has 1 atom stereocenters. The molecule has 112 valence electrons. The van der Waals surface area contributed by atoms with E-state index in [-0.39, 0.29) is 5.91 Å². The molecular weight excluding hydrogens is 297 g/mol. The van der Waals surface area contributed by atoms with Gasteiger partial charge < -0.3 is 11.1 Å². The Labute approximate surface area is 130 Å². The number of nitrogens with one attached hydrogen (secondary N) is 1. The third-order valence-corrected chi connectivity index (χ3v) is 3.66. The Bertz CT molecular complexity index is 456. The van der Waals surface area contributed by atoms with Crippen molar-refractivity contribution in [1.29, 1.82) is 0 Å². The summed E-state index contributed by atoms with van der Waals surface area (Å²) in [5, 5.41) is 3.41. The van der Waals surface area contributed by atoms with Gasteiger partial charge >= 0.3 is 0 Å². The van der Waals surface area contributed by atoms with Gasteiger partial charge in [0.25, 0.3) is 0 Å². The molecule has 0 aliphatic heterocycles. The molecule has 3 N–H and O–H groups in total. The van der Waals surface area contributed by atoms with Crippen LogP contribution < -0.4 is 11.1 Å². The second kappa shape index (κ2) is 7.72. The van der Waals surface area contributed by atoms with Gasteiger partial charge in [0.15, 0.2) is 0 Å². The molecule has 0 aromatic heterocycles. The van der Waals surface area contributed by atoms with Crippen LogP contribution in [-0.2, 0) is 4.79 Å². The van der Waals surface area contributed by atoms with Gasteiger partial charge in [-0.25, -0.2) is 0 Å². The first-order chi connectivity index (χ1) is 9.33. The van der Waals surface area contributed by atoms with Gasteiger partial charge in [-0.3, -0.25) is 9.69 Å². The summed E-state index contributed by atoms with van der Waals surface area (Å²) >= 11 is 12.1. The molecule has 0 spiro atoms. The first-order valence-electron chi connectivity index (χ1n) is 6.56. The van der Waals surface area contributed by atoms with Crippen LogP contribution in [0.1, 0.15) is 20.3 Å². The van der Waals surface area contributed by atoms with Crippen molar-refractivity contribution in [3.05, 3.63) is 22.2 Å². The molecule has 6 heteroatoms. The lowest BCUT2D eigenvalue weighted by atomic mass is 10.1. The number of benzene rings is 1. The Balaban J connectivity index is 2.63. The van der Waals surface area contributed by atoms with E-state index in [1.54, 1.807) is 12.1 Å². The van der Waals surface area contributed by atoms with Gasteiger partial charge in [0, 0.05) is 12.2 Å². The maximum atomic E-state index is 12.0. The third kappa shape index (κ3) is 5.19. The summed E-state index contributed by atoms with van der Waals surface area (Å²) in [5.41, 5.74) is 6.49. The number of hydrogen-bond donors (Lipinski definition) is 2. The standard InChI is InChI=1S/C14H21Cl2N3O/c1-4-9(2)7-19(3)8-13(20)18-14-11(15)5-10(17)6-12(14)16/h5-6,9H,4,7-8,17H2,1-3H3,(H,18,20). The summed E-state index contributed by atoms with van der Waals surface area (Å²) in [5.74, 6) is 0.404. The largest absolute Gasteiger partial charge is 0.399 e. The Kier molecular flexibility index (Phi) is 6.59. The third-order valence-electron chi connectivity index (χ3n) is 3.06. The molecule has 0 bridgehead atoms. The number of rotatable bonds is 6. The maximum absolute atomic E-state index is 12.0. The van der Waals surface area contributed by atoms with Gasteiger partial charge in [0.2, 0.25) is 5.91 Å². The average Bonchev–Trinajstić information content (AvgIpc) is 2.33. The molecule has 1 amide bonds. The number of amides is 1. The molecular formula is C14H21Cl2N3O. The van der Waals surface area contributed by atoms with E-state index in [1.165, 1.54) is 0 Å². The summed E-state index contributed by atoms with van der Waals surface area (Å²) in [4.78, 5) is 14.0. The molecule has 4 nitrogen and oxygen atoms in total. The lowest BCUT2D eigenvalue weighted by molar-refractivity contribution is -0.117. The lowest BCUT2D eigenvalue weighted by Crippen LogP contribution is -2.33. The SMILES string of the molecule is CCC(C)CN(C)CC(=O)Nc1c(Cl)cc(N)cc1Cl. The van der Waals surface area contributed by atoms with Gasteiger partial charge in [-0.1, -0.05) is 43.5 Å². The van der Waals surface area contributed by atoms with E-state index < -0.39 is 0 Å². The van der Waals surface area contributed by atoms with E-state index in [1.807, 2.05) is 11.9 Å². The van der Waals surface area contributed by atoms with Crippen LogP contribution in [0.5, 0.6) is 0 Å². The van der Waals surface area contributed by atoms with Gasteiger partial charge in [-0.15, -0.1) is 0 Å². The van der Waals surface area contributed by atoms with Crippen molar-refractivity contribution >= 4 is 40.5 Å². The van der Waals surface area contributed by atoms with Crippen LogP contribution in [0.25, 0.3) is 0 Å². The van der Waals surface area contributed by atoms with E-state index >= 15 is 0 Å². The highest BCUT2D eigenvalue weighted by Crippen LogP contribution is 2.32. The van der Waals surface area contributed by atoms with Gasteiger partial charge in [-0.2, -0.15) is 0 Å². The summed E-state index contributed by atoms with van der Waals surface area (Å²) in [7, 11) is 1.91. The molecule has 1 aromatic rings. The second-order valence-corrected chi connectivity index (χ2v) is 5.93. The first-order valence-corrected chi connectivity index (χ1v) is 7.32. The van der Waals surface area contributed by atoms with Crippen molar-refractivity contribution in [3.8, 4) is 0 Å². The van der Waals surface area contributed by atoms with Crippen LogP contribution in [0, 0.1) is 5.92 Å². The molecule has 1 rings (SSSR count). The molecule has 0 fully saturated rings. The normalized spacial score (nSPS) is 12.5. The quantitative estimate of drug-likeness (QED) is 0.789. The van der Waals surface area contributed by atoms with Crippen LogP contribution in [0.4, 0.5) is 11.4 Å². The highest BCUT2D eigenvalue weighted by atomic mass is 35.5. The second-order valence-electron chi connectivity index (χ2n) is 5.12. The van der Waals surface area contributed by atoms with Crippen LogP contribution >= 0.6 is 23.2 Å². The van der Waals surface area contributed by atoms with E-state index in [0.717, 1.165) is 13.0 Å². The number of hydrogen-bond acceptors (Lipinski definition) is 3. The Morgan fingerprint density at radius 1 is 1.40 bits per heavy atom. The molecule has 0 saturated heterocycles. The zero-order chi connectivity index (χ0) is 15.3. The maximum Gasteiger partial charge on any atom is 0.238 e. The van der Waals surface area contributed by atoms with Crippen LogP contribution in [0.3, 0.4) is 0 Å². The van der Waals surface area contributed by atoms with E-state index in [2.05, 4.69) is 19.2 Å². The number of carbonyl (C=O) groups is 1. The molecule has 0 aliphatic rings. The van der Waals surface area contributed by atoms with Crippen molar-refractivity contribution < 1.29 is 4.79 Å². The minimum atomic E-state index is -0.149. The lowest BCUT2D eigenvalue weighted by Gasteiger charge is -2.20. The van der Waals surface area contributed by atoms with Crippen LogP contribution in [-0.4, -0.2) is 30.9 Å². The van der Waals surface area contributed by atoms with Crippen molar-refractivity contribution in [2.45, 2.75) is 20.3 Å². The van der Waals surface area contributed by atoms with Crippen LogP contribution in [0.15, 0.2) is 12.1 Å². The van der Waals surface area contributed by atoms with Crippen molar-refractivity contribution in [3.63, 3.8) is 0 Å². The van der Waals surface area contributed by atoms with Crippen LogP contribution in [0.2, 0.25) is 10.0 Å². The summed E-state index contributed by atoms with van der Waals surface area (Å²) in [6.07, 6.45) is 1.08. The Morgan fingerprint density at radius 3 is 2.45 bits per heavy atom. The number of halogens is 2. The Hall–Kier alpha value is -0.970. The zero-order valence-electron chi connectivity index (χ0n) is 12.0. The smallest absolute Gasteiger partial charge is 0.238 e. The molecule has 1 aromatic carbocycles. The molecule has 1 unspecified atom stereocenters. The minimum Gasteiger partial charge on any atom is -0.399 e. The highest BCUT2D eigenvalue weighted by molar-refractivity contribution is 6.40. The average molecular weight is 318 g/mol. The number of nitrogens with two attached hydrogens (primary N) is 1. The van der Waals surface area contributed by atoms with Crippen molar-refractivity contribution in [2.75, 3.05) is 31.2 Å². The predicted molar refractivity (Wildman–Crippen MR) is 86.5 cm³/mol. The number of anilines is 2. The molecule has 20 heavy (non-hydrogen) atoms. The summed E-state index contributed by atoms with van der Waals surface area (Å²) in [6.45, 7) is 5.45. The topological polar surface area (TPSA) is 58.4 Å².